The van der Waals surface area contributed by atoms with Crippen LogP contribution in [0.1, 0.15) is 19.3 Å². The summed E-state index contributed by atoms with van der Waals surface area (Å²) in [6.07, 6.45) is 3.30. The van der Waals surface area contributed by atoms with Gasteiger partial charge in [-0.05, 0) is 31.4 Å². The van der Waals surface area contributed by atoms with Crippen LogP contribution in [0.5, 0.6) is 0 Å². The molecule has 2 N–H and O–H groups in total. The van der Waals surface area contributed by atoms with Crippen molar-refractivity contribution < 1.29 is 13.5 Å². The van der Waals surface area contributed by atoms with E-state index in [1.165, 1.54) is 12.1 Å². The molecule has 2 heterocycles. The number of nitrogens with one attached hydrogen (secondary N) is 2. The normalized spacial score (nSPS) is 24.5. The fourth-order valence-corrected chi connectivity index (χ4v) is 3.24. The standard InChI is InChI=1S/C17H24F2N4O/c1-20-17(21-10-14-3-2-8-24-14)22-13-6-7-23(11-13)16-5-4-12(18)9-15(16)19/h4-5,9,13-14H,2-3,6-8,10-11H2,1H3,(H2,20,21,22). The van der Waals surface area contributed by atoms with Crippen LogP contribution in [0, 0.1) is 11.6 Å². The van der Waals surface area contributed by atoms with Gasteiger partial charge in [-0.2, -0.15) is 0 Å². The molecule has 24 heavy (non-hydrogen) atoms. The van der Waals surface area contributed by atoms with Gasteiger partial charge in [0.05, 0.1) is 11.8 Å². The number of anilines is 1. The Kier molecular flexibility index (Phi) is 5.50. The first-order valence-corrected chi connectivity index (χ1v) is 8.44. The highest BCUT2D eigenvalue weighted by Crippen LogP contribution is 2.24. The Morgan fingerprint density at radius 3 is 2.96 bits per heavy atom. The van der Waals surface area contributed by atoms with Crippen molar-refractivity contribution in [2.75, 3.05) is 38.2 Å². The van der Waals surface area contributed by atoms with E-state index >= 15 is 0 Å². The molecule has 0 amide bonds. The zero-order valence-corrected chi connectivity index (χ0v) is 13.9. The van der Waals surface area contributed by atoms with Crippen LogP contribution in [0.25, 0.3) is 0 Å². The van der Waals surface area contributed by atoms with E-state index in [9.17, 15) is 8.78 Å². The summed E-state index contributed by atoms with van der Waals surface area (Å²) in [5.41, 5.74) is 0.447. The molecule has 132 valence electrons. The number of halogens is 2. The third-order valence-electron chi connectivity index (χ3n) is 4.52. The Balaban J connectivity index is 1.51. The number of rotatable bonds is 4. The molecule has 0 aliphatic carbocycles. The summed E-state index contributed by atoms with van der Waals surface area (Å²) in [5.74, 6) is -0.336. The molecule has 2 aliphatic rings. The molecule has 2 fully saturated rings. The summed E-state index contributed by atoms with van der Waals surface area (Å²) in [4.78, 5) is 6.17. The molecule has 1 aromatic rings. The van der Waals surface area contributed by atoms with Crippen LogP contribution < -0.4 is 15.5 Å². The quantitative estimate of drug-likeness (QED) is 0.650. The smallest absolute Gasteiger partial charge is 0.191 e. The van der Waals surface area contributed by atoms with E-state index in [1.54, 1.807) is 7.05 Å². The Morgan fingerprint density at radius 1 is 1.38 bits per heavy atom. The molecule has 1 aromatic carbocycles. The molecule has 2 aliphatic heterocycles. The highest BCUT2D eigenvalue weighted by Gasteiger charge is 2.25. The Morgan fingerprint density at radius 2 is 2.25 bits per heavy atom. The second kappa shape index (κ2) is 7.79. The van der Waals surface area contributed by atoms with Gasteiger partial charge in [-0.15, -0.1) is 0 Å². The molecule has 0 aromatic heterocycles. The minimum atomic E-state index is -0.552. The molecule has 0 radical (unpaired) electrons. The number of nitrogens with zero attached hydrogens (tertiary/aromatic N) is 2. The van der Waals surface area contributed by atoms with Crippen LogP contribution in [0.4, 0.5) is 14.5 Å². The van der Waals surface area contributed by atoms with Crippen molar-refractivity contribution in [3.8, 4) is 0 Å². The van der Waals surface area contributed by atoms with E-state index in [1.807, 2.05) is 4.90 Å². The van der Waals surface area contributed by atoms with E-state index in [0.717, 1.165) is 51.0 Å². The molecule has 0 saturated carbocycles. The lowest BCUT2D eigenvalue weighted by Gasteiger charge is -2.21. The van der Waals surface area contributed by atoms with Gasteiger partial charge in [0.15, 0.2) is 5.96 Å². The molecule has 5 nitrogen and oxygen atoms in total. The summed E-state index contributed by atoms with van der Waals surface area (Å²) in [6.45, 7) is 2.95. The topological polar surface area (TPSA) is 48.9 Å². The van der Waals surface area contributed by atoms with E-state index in [-0.39, 0.29) is 12.1 Å². The predicted molar refractivity (Wildman–Crippen MR) is 90.4 cm³/mol. The van der Waals surface area contributed by atoms with Crippen molar-refractivity contribution in [2.24, 2.45) is 4.99 Å². The van der Waals surface area contributed by atoms with Gasteiger partial charge >= 0.3 is 0 Å². The number of hydrogen-bond donors (Lipinski definition) is 2. The maximum absolute atomic E-state index is 13.9. The molecular formula is C17H24F2N4O. The zero-order valence-electron chi connectivity index (χ0n) is 13.9. The fraction of sp³-hybridized carbons (Fsp3) is 0.588. The third kappa shape index (κ3) is 4.14. The highest BCUT2D eigenvalue weighted by atomic mass is 19.1. The molecule has 2 saturated heterocycles. The van der Waals surface area contributed by atoms with Gasteiger partial charge in [0, 0.05) is 45.4 Å². The predicted octanol–water partition coefficient (Wildman–Crippen LogP) is 1.89. The van der Waals surface area contributed by atoms with Gasteiger partial charge < -0.3 is 20.3 Å². The SMILES string of the molecule is CN=C(NCC1CCCO1)NC1CCN(c2ccc(F)cc2F)C1. The van der Waals surface area contributed by atoms with Crippen LogP contribution in [-0.4, -0.2) is 51.4 Å². The first kappa shape index (κ1) is 17.0. The van der Waals surface area contributed by atoms with Crippen LogP contribution in [0.3, 0.4) is 0 Å². The summed E-state index contributed by atoms with van der Waals surface area (Å²) >= 11 is 0. The van der Waals surface area contributed by atoms with Gasteiger partial charge in [-0.25, -0.2) is 8.78 Å². The van der Waals surface area contributed by atoms with E-state index < -0.39 is 11.6 Å². The van der Waals surface area contributed by atoms with Gasteiger partial charge in [-0.1, -0.05) is 0 Å². The first-order valence-electron chi connectivity index (χ1n) is 8.44. The van der Waals surface area contributed by atoms with Crippen molar-refractivity contribution in [2.45, 2.75) is 31.4 Å². The average Bonchev–Trinajstić information content (AvgIpc) is 3.23. The summed E-state index contributed by atoms with van der Waals surface area (Å²) in [6, 6.07) is 3.89. The first-order chi connectivity index (χ1) is 11.7. The van der Waals surface area contributed by atoms with E-state index in [2.05, 4.69) is 15.6 Å². The fourth-order valence-electron chi connectivity index (χ4n) is 3.24. The Hall–Kier alpha value is -1.89. The van der Waals surface area contributed by atoms with Crippen LogP contribution in [-0.2, 0) is 4.74 Å². The maximum atomic E-state index is 13.9. The van der Waals surface area contributed by atoms with E-state index in [0.29, 0.717) is 12.2 Å². The van der Waals surface area contributed by atoms with Crippen LogP contribution in [0.15, 0.2) is 23.2 Å². The highest BCUT2D eigenvalue weighted by molar-refractivity contribution is 5.80. The van der Waals surface area contributed by atoms with E-state index in [4.69, 9.17) is 4.74 Å². The lowest BCUT2D eigenvalue weighted by Crippen LogP contribution is -2.46. The van der Waals surface area contributed by atoms with Crippen molar-refractivity contribution in [1.29, 1.82) is 0 Å². The lowest BCUT2D eigenvalue weighted by atomic mass is 10.2. The summed E-state index contributed by atoms with van der Waals surface area (Å²) < 4.78 is 32.5. The van der Waals surface area contributed by atoms with Crippen molar-refractivity contribution >= 4 is 11.6 Å². The Bertz CT molecular complexity index is 590. The monoisotopic (exact) mass is 338 g/mol. The second-order valence-electron chi connectivity index (χ2n) is 6.26. The van der Waals surface area contributed by atoms with Gasteiger partial charge in [-0.3, -0.25) is 4.99 Å². The molecule has 0 spiro atoms. The summed E-state index contributed by atoms with van der Waals surface area (Å²) in [5, 5.41) is 6.65. The van der Waals surface area contributed by atoms with Crippen molar-refractivity contribution in [3.63, 3.8) is 0 Å². The Labute approximate surface area is 141 Å². The molecule has 3 rings (SSSR count). The largest absolute Gasteiger partial charge is 0.376 e. The maximum Gasteiger partial charge on any atom is 0.191 e. The molecule has 2 unspecified atom stereocenters. The summed E-state index contributed by atoms with van der Waals surface area (Å²) in [7, 11) is 1.73. The number of hydrogen-bond acceptors (Lipinski definition) is 3. The number of ether oxygens (including phenoxy) is 1. The molecule has 0 bridgehead atoms. The second-order valence-corrected chi connectivity index (χ2v) is 6.26. The van der Waals surface area contributed by atoms with Gasteiger partial charge in [0.1, 0.15) is 11.6 Å². The number of benzene rings is 1. The van der Waals surface area contributed by atoms with Gasteiger partial charge in [0.25, 0.3) is 0 Å². The third-order valence-corrected chi connectivity index (χ3v) is 4.52. The van der Waals surface area contributed by atoms with Crippen LogP contribution in [0.2, 0.25) is 0 Å². The molecular weight excluding hydrogens is 314 g/mol. The molecule has 7 heteroatoms. The van der Waals surface area contributed by atoms with Crippen molar-refractivity contribution in [3.05, 3.63) is 29.8 Å². The minimum absolute atomic E-state index is 0.171. The minimum Gasteiger partial charge on any atom is -0.376 e. The number of guanidine groups is 1. The number of aliphatic imine (C=N–C) groups is 1. The average molecular weight is 338 g/mol. The zero-order chi connectivity index (χ0) is 16.9. The van der Waals surface area contributed by atoms with Crippen LogP contribution >= 0.6 is 0 Å². The van der Waals surface area contributed by atoms with Crippen molar-refractivity contribution in [1.82, 2.24) is 10.6 Å². The van der Waals surface area contributed by atoms with Gasteiger partial charge in [0.2, 0.25) is 0 Å². The molecule has 2 atom stereocenters. The lowest BCUT2D eigenvalue weighted by molar-refractivity contribution is 0.113.